The summed E-state index contributed by atoms with van der Waals surface area (Å²) in [7, 11) is 1.61. The summed E-state index contributed by atoms with van der Waals surface area (Å²) in [5.74, 6) is 0.901. The summed E-state index contributed by atoms with van der Waals surface area (Å²) in [5, 5.41) is 6.02. The maximum absolute atomic E-state index is 12.9. The van der Waals surface area contributed by atoms with Crippen LogP contribution in [0.4, 0.5) is 10.2 Å². The first-order valence-electron chi connectivity index (χ1n) is 8.49. The molecule has 5 nitrogen and oxygen atoms in total. The van der Waals surface area contributed by atoms with E-state index in [-0.39, 0.29) is 11.7 Å². The van der Waals surface area contributed by atoms with Gasteiger partial charge in [-0.05, 0) is 47.5 Å². The minimum absolute atomic E-state index is 0.182. The number of aromatic nitrogens is 1. The Hall–Kier alpha value is -3.41. The summed E-state index contributed by atoms with van der Waals surface area (Å²) in [5.41, 5.74) is 2.42. The molecule has 0 atom stereocenters. The molecule has 3 rings (SSSR count). The van der Waals surface area contributed by atoms with Gasteiger partial charge in [0.1, 0.15) is 17.4 Å². The molecule has 0 saturated heterocycles. The number of amides is 1. The number of nitrogens with zero attached hydrogens (tertiary/aromatic N) is 1. The highest BCUT2D eigenvalue weighted by Gasteiger charge is 2.07. The second-order valence-corrected chi connectivity index (χ2v) is 5.94. The molecule has 6 heteroatoms. The number of ether oxygens (including phenoxy) is 1. The average Bonchev–Trinajstić information content (AvgIpc) is 2.72. The Bertz CT molecular complexity index is 896. The zero-order valence-electron chi connectivity index (χ0n) is 14.9. The van der Waals surface area contributed by atoms with E-state index in [4.69, 9.17) is 4.74 Å². The van der Waals surface area contributed by atoms with Crippen molar-refractivity contribution < 1.29 is 13.9 Å². The van der Waals surface area contributed by atoms with Crippen molar-refractivity contribution in [3.8, 4) is 5.75 Å². The first kappa shape index (κ1) is 18.4. The van der Waals surface area contributed by atoms with Gasteiger partial charge in [-0.25, -0.2) is 9.37 Å². The van der Waals surface area contributed by atoms with E-state index in [2.05, 4.69) is 15.6 Å². The van der Waals surface area contributed by atoms with E-state index in [0.29, 0.717) is 24.5 Å². The lowest BCUT2D eigenvalue weighted by atomic mass is 10.2. The van der Waals surface area contributed by atoms with E-state index in [1.807, 2.05) is 24.3 Å². The van der Waals surface area contributed by atoms with Gasteiger partial charge in [0.15, 0.2) is 0 Å². The maximum atomic E-state index is 12.9. The predicted molar refractivity (Wildman–Crippen MR) is 102 cm³/mol. The molecule has 2 N–H and O–H groups in total. The fourth-order valence-electron chi connectivity index (χ4n) is 2.49. The number of halogens is 1. The van der Waals surface area contributed by atoms with Crippen LogP contribution in [-0.2, 0) is 13.1 Å². The average molecular weight is 365 g/mol. The fourth-order valence-corrected chi connectivity index (χ4v) is 2.49. The second kappa shape index (κ2) is 8.80. The largest absolute Gasteiger partial charge is 0.497 e. The molecule has 0 bridgehead atoms. The quantitative estimate of drug-likeness (QED) is 0.669. The molecule has 0 fully saturated rings. The van der Waals surface area contributed by atoms with Gasteiger partial charge < -0.3 is 15.4 Å². The van der Waals surface area contributed by atoms with E-state index in [1.165, 1.54) is 12.1 Å². The molecule has 0 spiro atoms. The summed E-state index contributed by atoms with van der Waals surface area (Å²) in [6.45, 7) is 0.910. The van der Waals surface area contributed by atoms with Gasteiger partial charge in [-0.1, -0.05) is 24.3 Å². The lowest BCUT2D eigenvalue weighted by Crippen LogP contribution is -2.23. The Labute approximate surface area is 157 Å². The number of pyridine rings is 1. The minimum Gasteiger partial charge on any atom is -0.497 e. The Morgan fingerprint density at radius 1 is 1.00 bits per heavy atom. The van der Waals surface area contributed by atoms with Crippen molar-refractivity contribution in [2.45, 2.75) is 13.1 Å². The standard InChI is InChI=1S/C21H20FN3O2/c1-27-19-8-4-16(5-9-19)14-25-21(26)17-10-11-23-20(12-17)24-13-15-2-6-18(22)7-3-15/h2-12H,13-14H2,1H3,(H,23,24)(H,25,26). The Balaban J connectivity index is 1.56. The molecule has 0 unspecified atom stereocenters. The van der Waals surface area contributed by atoms with Crippen molar-refractivity contribution in [1.29, 1.82) is 0 Å². The molecule has 1 aromatic heterocycles. The van der Waals surface area contributed by atoms with Crippen LogP contribution in [0.2, 0.25) is 0 Å². The molecule has 3 aromatic rings. The molecule has 0 saturated carbocycles. The van der Waals surface area contributed by atoms with Crippen molar-refractivity contribution in [3.63, 3.8) is 0 Å². The third kappa shape index (κ3) is 5.28. The van der Waals surface area contributed by atoms with Crippen molar-refractivity contribution in [1.82, 2.24) is 10.3 Å². The number of rotatable bonds is 7. The van der Waals surface area contributed by atoms with Crippen LogP contribution in [0.1, 0.15) is 21.5 Å². The van der Waals surface area contributed by atoms with E-state index >= 15 is 0 Å². The van der Waals surface area contributed by atoms with Gasteiger partial charge in [0.05, 0.1) is 7.11 Å². The third-order valence-electron chi connectivity index (χ3n) is 4.02. The topological polar surface area (TPSA) is 63.2 Å². The Kier molecular flexibility index (Phi) is 5.99. The maximum Gasteiger partial charge on any atom is 0.251 e. The highest BCUT2D eigenvalue weighted by molar-refractivity contribution is 5.94. The number of methoxy groups -OCH3 is 1. The Morgan fingerprint density at radius 2 is 1.67 bits per heavy atom. The van der Waals surface area contributed by atoms with Gasteiger partial charge in [0.2, 0.25) is 0 Å². The SMILES string of the molecule is COc1ccc(CNC(=O)c2ccnc(NCc3ccc(F)cc3)c2)cc1. The molecular weight excluding hydrogens is 345 g/mol. The van der Waals surface area contributed by atoms with Crippen LogP contribution in [0.3, 0.4) is 0 Å². The van der Waals surface area contributed by atoms with Crippen LogP contribution >= 0.6 is 0 Å². The highest BCUT2D eigenvalue weighted by atomic mass is 19.1. The van der Waals surface area contributed by atoms with Crippen molar-refractivity contribution >= 4 is 11.7 Å². The smallest absolute Gasteiger partial charge is 0.251 e. The fraction of sp³-hybridized carbons (Fsp3) is 0.143. The van der Waals surface area contributed by atoms with Crippen molar-refractivity contribution in [3.05, 3.63) is 89.4 Å². The first-order chi connectivity index (χ1) is 13.1. The van der Waals surface area contributed by atoms with E-state index < -0.39 is 0 Å². The van der Waals surface area contributed by atoms with Crippen LogP contribution in [0.25, 0.3) is 0 Å². The van der Waals surface area contributed by atoms with Crippen LogP contribution < -0.4 is 15.4 Å². The monoisotopic (exact) mass is 365 g/mol. The number of nitrogens with one attached hydrogen (secondary N) is 2. The van der Waals surface area contributed by atoms with Crippen LogP contribution in [0, 0.1) is 5.82 Å². The van der Waals surface area contributed by atoms with E-state index in [9.17, 15) is 9.18 Å². The summed E-state index contributed by atoms with van der Waals surface area (Å²) < 4.78 is 18.1. The normalized spacial score (nSPS) is 10.3. The van der Waals surface area contributed by atoms with Gasteiger partial charge in [-0.15, -0.1) is 0 Å². The Morgan fingerprint density at radius 3 is 2.37 bits per heavy atom. The van der Waals surface area contributed by atoms with Gasteiger partial charge in [0, 0.05) is 24.8 Å². The number of carbonyl (C=O) groups excluding carboxylic acids is 1. The predicted octanol–water partition coefficient (Wildman–Crippen LogP) is 3.77. The van der Waals surface area contributed by atoms with Gasteiger partial charge in [0.25, 0.3) is 5.91 Å². The summed E-state index contributed by atoms with van der Waals surface area (Å²) >= 11 is 0. The lowest BCUT2D eigenvalue weighted by molar-refractivity contribution is 0.0951. The molecule has 2 aromatic carbocycles. The second-order valence-electron chi connectivity index (χ2n) is 5.94. The summed E-state index contributed by atoms with van der Waals surface area (Å²) in [6.07, 6.45) is 1.58. The van der Waals surface area contributed by atoms with Crippen molar-refractivity contribution in [2.24, 2.45) is 0 Å². The lowest BCUT2D eigenvalue weighted by Gasteiger charge is -2.09. The molecule has 1 heterocycles. The van der Waals surface area contributed by atoms with Gasteiger partial charge in [-0.3, -0.25) is 4.79 Å². The molecule has 0 aliphatic heterocycles. The van der Waals surface area contributed by atoms with Gasteiger partial charge >= 0.3 is 0 Å². The third-order valence-corrected chi connectivity index (χ3v) is 4.02. The number of hydrogen-bond donors (Lipinski definition) is 2. The summed E-state index contributed by atoms with van der Waals surface area (Å²) in [4.78, 5) is 16.6. The van der Waals surface area contributed by atoms with Crippen LogP contribution in [0.15, 0.2) is 66.9 Å². The molecule has 0 aliphatic rings. The van der Waals surface area contributed by atoms with Crippen molar-refractivity contribution in [2.75, 3.05) is 12.4 Å². The van der Waals surface area contributed by atoms with E-state index in [0.717, 1.165) is 16.9 Å². The van der Waals surface area contributed by atoms with Crippen LogP contribution in [0.5, 0.6) is 5.75 Å². The van der Waals surface area contributed by atoms with Crippen LogP contribution in [-0.4, -0.2) is 18.0 Å². The first-order valence-corrected chi connectivity index (χ1v) is 8.49. The molecule has 27 heavy (non-hydrogen) atoms. The molecular formula is C21H20FN3O2. The number of benzene rings is 2. The molecule has 0 radical (unpaired) electrons. The zero-order valence-corrected chi connectivity index (χ0v) is 14.9. The molecule has 138 valence electrons. The zero-order chi connectivity index (χ0) is 19.1. The highest BCUT2D eigenvalue weighted by Crippen LogP contribution is 2.12. The molecule has 1 amide bonds. The van der Waals surface area contributed by atoms with Gasteiger partial charge in [-0.2, -0.15) is 0 Å². The number of hydrogen-bond acceptors (Lipinski definition) is 4. The summed E-state index contributed by atoms with van der Waals surface area (Å²) in [6, 6.07) is 17.1. The number of carbonyl (C=O) groups is 1. The minimum atomic E-state index is -0.271. The molecule has 0 aliphatic carbocycles. The van der Waals surface area contributed by atoms with E-state index in [1.54, 1.807) is 37.6 Å². The number of anilines is 1.